The minimum atomic E-state index is -0.0213. The second-order valence-corrected chi connectivity index (χ2v) is 4.97. The Morgan fingerprint density at radius 3 is 2.38 bits per heavy atom. The molecule has 3 nitrogen and oxygen atoms in total. The Morgan fingerprint density at radius 1 is 1.00 bits per heavy atom. The molecule has 0 aliphatic rings. The molecule has 0 radical (unpaired) electrons. The average Bonchev–Trinajstić information content (AvgIpc) is 2.53. The summed E-state index contributed by atoms with van der Waals surface area (Å²) >= 11 is 0. The van der Waals surface area contributed by atoms with Crippen molar-refractivity contribution in [2.45, 2.75) is 19.4 Å². The summed E-state index contributed by atoms with van der Waals surface area (Å²) in [5.41, 5.74) is 3.06. The van der Waals surface area contributed by atoms with Crippen LogP contribution in [0, 0.1) is 0 Å². The number of ether oxygens (including phenoxy) is 1. The molecule has 110 valence electrons. The van der Waals surface area contributed by atoms with Crippen LogP contribution in [0.2, 0.25) is 0 Å². The van der Waals surface area contributed by atoms with Crippen LogP contribution in [-0.4, -0.2) is 19.6 Å². The van der Waals surface area contributed by atoms with Gasteiger partial charge in [-0.15, -0.1) is 0 Å². The maximum atomic E-state index is 12.0. The van der Waals surface area contributed by atoms with Crippen molar-refractivity contribution < 1.29 is 9.53 Å². The molecule has 0 aromatic heterocycles. The van der Waals surface area contributed by atoms with Gasteiger partial charge < -0.3 is 10.1 Å². The number of methoxy groups -OCH3 is 1. The topological polar surface area (TPSA) is 38.3 Å². The molecular weight excluding hydrogens is 262 g/mol. The summed E-state index contributed by atoms with van der Waals surface area (Å²) in [5.74, 6) is -0.0213. The summed E-state index contributed by atoms with van der Waals surface area (Å²) in [4.78, 5) is 12.0. The molecule has 0 spiro atoms. The van der Waals surface area contributed by atoms with Gasteiger partial charge in [0.15, 0.2) is 0 Å². The minimum Gasteiger partial charge on any atom is -0.380 e. The highest BCUT2D eigenvalue weighted by Gasteiger charge is 2.04. The highest BCUT2D eigenvalue weighted by molar-refractivity contribution is 5.94. The second kappa shape index (κ2) is 8.22. The van der Waals surface area contributed by atoms with Crippen molar-refractivity contribution in [3.8, 4) is 0 Å². The molecule has 0 aliphatic carbocycles. The van der Waals surface area contributed by atoms with Crippen LogP contribution in [0.5, 0.6) is 0 Å². The molecule has 2 aromatic rings. The highest BCUT2D eigenvalue weighted by Crippen LogP contribution is 2.06. The van der Waals surface area contributed by atoms with E-state index in [2.05, 4.69) is 17.4 Å². The number of carbonyl (C=O) groups is 1. The molecule has 0 aliphatic heterocycles. The van der Waals surface area contributed by atoms with Gasteiger partial charge in [-0.2, -0.15) is 0 Å². The van der Waals surface area contributed by atoms with E-state index in [0.29, 0.717) is 18.7 Å². The average molecular weight is 283 g/mol. The summed E-state index contributed by atoms with van der Waals surface area (Å²) in [6, 6.07) is 17.8. The largest absolute Gasteiger partial charge is 0.380 e. The zero-order valence-electron chi connectivity index (χ0n) is 12.3. The third-order valence-electron chi connectivity index (χ3n) is 3.30. The van der Waals surface area contributed by atoms with Crippen molar-refractivity contribution >= 4 is 5.91 Å². The fourth-order valence-electron chi connectivity index (χ4n) is 2.16. The molecular formula is C18H21NO2. The first-order valence-corrected chi connectivity index (χ1v) is 7.19. The van der Waals surface area contributed by atoms with E-state index in [1.165, 1.54) is 5.56 Å². The van der Waals surface area contributed by atoms with Crippen LogP contribution in [0.25, 0.3) is 0 Å². The van der Waals surface area contributed by atoms with E-state index in [9.17, 15) is 4.79 Å². The van der Waals surface area contributed by atoms with Crippen LogP contribution in [-0.2, 0) is 17.8 Å². The van der Waals surface area contributed by atoms with Crippen LogP contribution in [0.3, 0.4) is 0 Å². The van der Waals surface area contributed by atoms with Crippen LogP contribution >= 0.6 is 0 Å². The number of nitrogens with one attached hydrogen (secondary N) is 1. The zero-order valence-corrected chi connectivity index (χ0v) is 12.3. The van der Waals surface area contributed by atoms with Gasteiger partial charge in [0.25, 0.3) is 5.91 Å². The summed E-state index contributed by atoms with van der Waals surface area (Å²) in [5, 5.41) is 2.95. The number of rotatable bonds is 7. The van der Waals surface area contributed by atoms with E-state index in [4.69, 9.17) is 4.74 Å². The van der Waals surface area contributed by atoms with Crippen LogP contribution in [0.1, 0.15) is 27.9 Å². The summed E-state index contributed by atoms with van der Waals surface area (Å²) in [6.07, 6.45) is 1.92. The summed E-state index contributed by atoms with van der Waals surface area (Å²) in [7, 11) is 1.66. The van der Waals surface area contributed by atoms with Gasteiger partial charge in [-0.05, 0) is 36.1 Å². The van der Waals surface area contributed by atoms with Gasteiger partial charge in [0.1, 0.15) is 0 Å². The molecule has 0 saturated heterocycles. The Balaban J connectivity index is 1.74. The standard InChI is InChI=1S/C18H21NO2/c1-21-14-16-9-11-17(12-10-16)18(20)19-13-5-8-15-6-3-2-4-7-15/h2-4,6-7,9-12H,5,8,13-14H2,1H3,(H,19,20). The Bertz CT molecular complexity index is 549. The Hall–Kier alpha value is -2.13. The first-order valence-electron chi connectivity index (χ1n) is 7.19. The van der Waals surface area contributed by atoms with Gasteiger partial charge >= 0.3 is 0 Å². The van der Waals surface area contributed by atoms with E-state index < -0.39 is 0 Å². The Morgan fingerprint density at radius 2 is 1.71 bits per heavy atom. The van der Waals surface area contributed by atoms with Gasteiger partial charge in [0.2, 0.25) is 0 Å². The SMILES string of the molecule is COCc1ccc(C(=O)NCCCc2ccccc2)cc1. The van der Waals surface area contributed by atoms with Crippen LogP contribution in [0.4, 0.5) is 0 Å². The number of hydrogen-bond acceptors (Lipinski definition) is 2. The lowest BCUT2D eigenvalue weighted by Crippen LogP contribution is -2.24. The maximum absolute atomic E-state index is 12.0. The van der Waals surface area contributed by atoms with Crippen molar-refractivity contribution in [2.24, 2.45) is 0 Å². The van der Waals surface area contributed by atoms with Gasteiger partial charge in [0, 0.05) is 19.2 Å². The molecule has 0 unspecified atom stereocenters. The maximum Gasteiger partial charge on any atom is 0.251 e. The number of aryl methyl sites for hydroxylation is 1. The van der Waals surface area contributed by atoms with Gasteiger partial charge in [-0.25, -0.2) is 0 Å². The third kappa shape index (κ3) is 5.04. The minimum absolute atomic E-state index is 0.0213. The number of hydrogen-bond donors (Lipinski definition) is 1. The fraction of sp³-hybridized carbons (Fsp3) is 0.278. The first-order chi connectivity index (χ1) is 10.3. The Labute approximate surface area is 126 Å². The predicted octanol–water partition coefficient (Wildman–Crippen LogP) is 3.20. The second-order valence-electron chi connectivity index (χ2n) is 4.97. The fourth-order valence-corrected chi connectivity index (χ4v) is 2.16. The van der Waals surface area contributed by atoms with E-state index in [1.807, 2.05) is 42.5 Å². The smallest absolute Gasteiger partial charge is 0.251 e. The van der Waals surface area contributed by atoms with E-state index >= 15 is 0 Å². The van der Waals surface area contributed by atoms with Crippen molar-refractivity contribution in [3.05, 3.63) is 71.3 Å². The van der Waals surface area contributed by atoms with Gasteiger partial charge in [-0.3, -0.25) is 4.79 Å². The highest BCUT2D eigenvalue weighted by atomic mass is 16.5. The zero-order chi connectivity index (χ0) is 14.9. The number of amides is 1. The lowest BCUT2D eigenvalue weighted by atomic mass is 10.1. The van der Waals surface area contributed by atoms with Crippen LogP contribution in [0.15, 0.2) is 54.6 Å². The van der Waals surface area contributed by atoms with Crippen molar-refractivity contribution in [3.63, 3.8) is 0 Å². The van der Waals surface area contributed by atoms with Crippen molar-refractivity contribution in [1.29, 1.82) is 0 Å². The molecule has 1 amide bonds. The normalized spacial score (nSPS) is 10.3. The number of benzene rings is 2. The molecule has 0 saturated carbocycles. The molecule has 21 heavy (non-hydrogen) atoms. The first kappa shape index (κ1) is 15.3. The summed E-state index contributed by atoms with van der Waals surface area (Å²) in [6.45, 7) is 1.26. The quantitative estimate of drug-likeness (QED) is 0.792. The lowest BCUT2D eigenvalue weighted by molar-refractivity contribution is 0.0953. The van der Waals surface area contributed by atoms with Gasteiger partial charge in [0.05, 0.1) is 6.61 Å². The van der Waals surface area contributed by atoms with E-state index in [1.54, 1.807) is 7.11 Å². The summed E-state index contributed by atoms with van der Waals surface area (Å²) < 4.78 is 5.05. The lowest BCUT2D eigenvalue weighted by Gasteiger charge is -2.06. The monoisotopic (exact) mass is 283 g/mol. The molecule has 0 heterocycles. The Kier molecular flexibility index (Phi) is 5.98. The molecule has 3 heteroatoms. The van der Waals surface area contributed by atoms with Crippen molar-refractivity contribution in [1.82, 2.24) is 5.32 Å². The number of carbonyl (C=O) groups excluding carboxylic acids is 1. The van der Waals surface area contributed by atoms with E-state index in [-0.39, 0.29) is 5.91 Å². The molecule has 1 N–H and O–H groups in total. The molecule has 0 fully saturated rings. The van der Waals surface area contributed by atoms with Crippen molar-refractivity contribution in [2.75, 3.05) is 13.7 Å². The molecule has 0 atom stereocenters. The van der Waals surface area contributed by atoms with Crippen LogP contribution < -0.4 is 5.32 Å². The molecule has 0 bridgehead atoms. The predicted molar refractivity (Wildman–Crippen MR) is 84.3 cm³/mol. The van der Waals surface area contributed by atoms with Gasteiger partial charge in [-0.1, -0.05) is 42.5 Å². The third-order valence-corrected chi connectivity index (χ3v) is 3.30. The van der Waals surface area contributed by atoms with E-state index in [0.717, 1.165) is 18.4 Å². The molecule has 2 rings (SSSR count). The molecule has 2 aromatic carbocycles.